The van der Waals surface area contributed by atoms with E-state index < -0.39 is 23.4 Å². The van der Waals surface area contributed by atoms with Crippen molar-refractivity contribution >= 4 is 11.1 Å². The summed E-state index contributed by atoms with van der Waals surface area (Å²) in [5, 5.41) is 0. The zero-order valence-electron chi connectivity index (χ0n) is 11.4. The summed E-state index contributed by atoms with van der Waals surface area (Å²) in [6, 6.07) is 6.87. The van der Waals surface area contributed by atoms with Crippen molar-refractivity contribution < 1.29 is 22.3 Å². The lowest BCUT2D eigenvalue weighted by atomic mass is 10.2. The Balaban J connectivity index is 2.01. The Labute approximate surface area is 125 Å². The second-order valence-corrected chi connectivity index (χ2v) is 4.66. The average Bonchev–Trinajstić information content (AvgIpc) is 2.84. The molecule has 0 unspecified atom stereocenters. The van der Waals surface area contributed by atoms with Crippen LogP contribution in [0.2, 0.25) is 0 Å². The predicted octanol–water partition coefficient (Wildman–Crippen LogP) is 2.23. The third-order valence-corrected chi connectivity index (χ3v) is 3.10. The van der Waals surface area contributed by atoms with Crippen LogP contribution in [0.25, 0.3) is 11.1 Å². The molecular weight excluding hydrogens is 317 g/mol. The van der Waals surface area contributed by atoms with Gasteiger partial charge in [-0.15, -0.1) is 13.2 Å². The lowest BCUT2D eigenvalue weighted by Gasteiger charge is -2.13. The molecule has 0 aliphatic carbocycles. The fourth-order valence-corrected chi connectivity index (χ4v) is 2.15. The summed E-state index contributed by atoms with van der Waals surface area (Å²) in [5.74, 6) is -1.18. The van der Waals surface area contributed by atoms with Crippen molar-refractivity contribution in [3.05, 3.63) is 63.0 Å². The summed E-state index contributed by atoms with van der Waals surface area (Å²) in [6.07, 6.45) is -3.51. The van der Waals surface area contributed by atoms with E-state index in [1.54, 1.807) is 0 Å². The van der Waals surface area contributed by atoms with Crippen molar-refractivity contribution in [1.29, 1.82) is 0 Å². The van der Waals surface area contributed by atoms with Crippen LogP contribution >= 0.6 is 0 Å². The van der Waals surface area contributed by atoms with Crippen LogP contribution in [-0.4, -0.2) is 15.9 Å². The van der Waals surface area contributed by atoms with E-state index in [0.717, 1.165) is 10.6 Å². The third-order valence-electron chi connectivity index (χ3n) is 3.10. The van der Waals surface area contributed by atoms with Crippen LogP contribution in [0.4, 0.5) is 13.2 Å². The maximum absolute atomic E-state index is 12.4. The number of nitrogens with zero attached hydrogens (tertiary/aromatic N) is 1. The average molecular weight is 326 g/mol. The molecule has 3 aromatic rings. The van der Waals surface area contributed by atoms with Gasteiger partial charge in [-0.25, -0.2) is 4.79 Å². The molecule has 3 rings (SSSR count). The predicted molar refractivity (Wildman–Crippen MR) is 73.3 cm³/mol. The molecule has 2 heterocycles. The number of alkyl halides is 3. The normalized spacial score (nSPS) is 11.8. The minimum Gasteiger partial charge on any atom is -0.408 e. The summed E-state index contributed by atoms with van der Waals surface area (Å²) in [4.78, 5) is 25.6. The van der Waals surface area contributed by atoms with Gasteiger partial charge in [-0.2, -0.15) is 0 Å². The molecule has 1 aromatic carbocycles. The molecule has 9 heteroatoms. The van der Waals surface area contributed by atoms with Gasteiger partial charge >= 0.3 is 12.1 Å². The number of nitrogens with one attached hydrogen (secondary N) is 1. The number of halogens is 3. The van der Waals surface area contributed by atoms with Crippen molar-refractivity contribution in [3.63, 3.8) is 0 Å². The van der Waals surface area contributed by atoms with Crippen molar-refractivity contribution in [2.75, 3.05) is 0 Å². The number of para-hydroxylation sites is 1. The highest BCUT2D eigenvalue weighted by atomic mass is 19.4. The Morgan fingerprint density at radius 3 is 2.65 bits per heavy atom. The highest BCUT2D eigenvalue weighted by molar-refractivity contribution is 5.70. The van der Waals surface area contributed by atoms with E-state index in [1.165, 1.54) is 30.5 Å². The van der Waals surface area contributed by atoms with Gasteiger partial charge < -0.3 is 13.7 Å². The number of rotatable bonds is 3. The summed E-state index contributed by atoms with van der Waals surface area (Å²) in [7, 11) is 0. The van der Waals surface area contributed by atoms with Gasteiger partial charge in [0.05, 0.1) is 6.54 Å². The third kappa shape index (κ3) is 3.12. The molecule has 0 aliphatic rings. The van der Waals surface area contributed by atoms with Crippen LogP contribution in [0, 0.1) is 0 Å². The lowest BCUT2D eigenvalue weighted by Crippen LogP contribution is -2.22. The zero-order valence-corrected chi connectivity index (χ0v) is 11.4. The van der Waals surface area contributed by atoms with E-state index in [0.29, 0.717) is 0 Å². The quantitative estimate of drug-likeness (QED) is 0.801. The standard InChI is InChI=1S/C14H9F3N2O4/c15-14(16,17)23-9-4-2-1-3-8(9)7-19-6-5-10-11(12(19)20)18-13(21)22-10/h1-6H,7H2,(H,18,21). The van der Waals surface area contributed by atoms with Crippen molar-refractivity contribution in [3.8, 4) is 5.75 Å². The fourth-order valence-electron chi connectivity index (χ4n) is 2.15. The van der Waals surface area contributed by atoms with Crippen LogP contribution in [0.5, 0.6) is 5.75 Å². The minimum atomic E-state index is -4.83. The molecule has 0 aliphatic heterocycles. The molecule has 1 N–H and O–H groups in total. The molecule has 0 fully saturated rings. The Bertz CT molecular complexity index is 968. The Morgan fingerprint density at radius 2 is 1.91 bits per heavy atom. The molecule has 0 saturated carbocycles. The smallest absolute Gasteiger partial charge is 0.408 e. The Morgan fingerprint density at radius 1 is 1.17 bits per heavy atom. The van der Waals surface area contributed by atoms with Gasteiger partial charge in [0.1, 0.15) is 5.75 Å². The number of benzene rings is 1. The van der Waals surface area contributed by atoms with E-state index in [1.807, 2.05) is 0 Å². The van der Waals surface area contributed by atoms with Gasteiger partial charge in [-0.1, -0.05) is 18.2 Å². The number of fused-ring (bicyclic) bond motifs is 1. The van der Waals surface area contributed by atoms with Gasteiger partial charge in [0.15, 0.2) is 11.1 Å². The first-order chi connectivity index (χ1) is 10.8. The van der Waals surface area contributed by atoms with Crippen molar-refractivity contribution in [2.45, 2.75) is 12.9 Å². The van der Waals surface area contributed by atoms with Gasteiger partial charge in [-0.3, -0.25) is 9.78 Å². The van der Waals surface area contributed by atoms with Crippen LogP contribution in [-0.2, 0) is 6.54 Å². The molecule has 120 valence electrons. The number of ether oxygens (including phenoxy) is 1. The van der Waals surface area contributed by atoms with Crippen LogP contribution < -0.4 is 16.1 Å². The zero-order chi connectivity index (χ0) is 16.6. The number of aromatic nitrogens is 2. The summed E-state index contributed by atoms with van der Waals surface area (Å²) in [6.45, 7) is -0.158. The maximum atomic E-state index is 12.4. The molecule has 0 spiro atoms. The maximum Gasteiger partial charge on any atom is 0.573 e. The van der Waals surface area contributed by atoms with Gasteiger partial charge in [0, 0.05) is 11.8 Å². The molecule has 0 saturated heterocycles. The number of hydrogen-bond donors (Lipinski definition) is 1. The van der Waals surface area contributed by atoms with E-state index in [9.17, 15) is 22.8 Å². The fraction of sp³-hybridized carbons (Fsp3) is 0.143. The lowest BCUT2D eigenvalue weighted by molar-refractivity contribution is -0.274. The monoisotopic (exact) mass is 326 g/mol. The molecule has 6 nitrogen and oxygen atoms in total. The molecule has 23 heavy (non-hydrogen) atoms. The molecule has 0 radical (unpaired) electrons. The summed E-state index contributed by atoms with van der Waals surface area (Å²) in [5.41, 5.74) is -0.393. The largest absolute Gasteiger partial charge is 0.573 e. The van der Waals surface area contributed by atoms with Gasteiger partial charge in [-0.05, 0) is 12.1 Å². The molecule has 2 aromatic heterocycles. The molecule has 0 atom stereocenters. The Kier molecular flexibility index (Phi) is 3.47. The van der Waals surface area contributed by atoms with Crippen LogP contribution in [0.3, 0.4) is 0 Å². The first-order valence-electron chi connectivity index (χ1n) is 6.39. The van der Waals surface area contributed by atoms with Gasteiger partial charge in [0.2, 0.25) is 0 Å². The van der Waals surface area contributed by atoms with Crippen LogP contribution in [0.15, 0.2) is 50.5 Å². The number of hydrogen-bond acceptors (Lipinski definition) is 4. The minimum absolute atomic E-state index is 0.0493. The highest BCUT2D eigenvalue weighted by Crippen LogP contribution is 2.26. The van der Waals surface area contributed by atoms with Gasteiger partial charge in [0.25, 0.3) is 5.56 Å². The first-order valence-corrected chi connectivity index (χ1v) is 6.39. The number of oxazole rings is 1. The molecule has 0 amide bonds. The second-order valence-electron chi connectivity index (χ2n) is 4.66. The molecule has 0 bridgehead atoms. The summed E-state index contributed by atoms with van der Waals surface area (Å²) >= 11 is 0. The van der Waals surface area contributed by atoms with E-state index in [4.69, 9.17) is 4.42 Å². The number of H-pyrrole nitrogens is 1. The topological polar surface area (TPSA) is 77.2 Å². The van der Waals surface area contributed by atoms with Crippen molar-refractivity contribution in [2.24, 2.45) is 0 Å². The van der Waals surface area contributed by atoms with E-state index in [2.05, 4.69) is 9.72 Å². The van der Waals surface area contributed by atoms with E-state index in [-0.39, 0.29) is 23.2 Å². The van der Waals surface area contributed by atoms with Crippen LogP contribution in [0.1, 0.15) is 5.56 Å². The summed E-state index contributed by atoms with van der Waals surface area (Å²) < 4.78 is 47.1. The first kappa shape index (κ1) is 14.9. The SMILES string of the molecule is O=c1[nH]c2c(=O)n(Cc3ccccc3OC(F)(F)F)ccc2o1. The molecular formula is C14H9F3N2O4. The number of pyridine rings is 1. The van der Waals surface area contributed by atoms with Crippen molar-refractivity contribution in [1.82, 2.24) is 9.55 Å². The van der Waals surface area contributed by atoms with E-state index >= 15 is 0 Å². The number of aromatic amines is 1. The second kappa shape index (κ2) is 5.34. The Hall–Kier alpha value is -2.97. The highest BCUT2D eigenvalue weighted by Gasteiger charge is 2.32.